The molecule has 1 aromatic rings. The Kier molecular flexibility index (Phi) is 4.23. The summed E-state index contributed by atoms with van der Waals surface area (Å²) in [7, 11) is 0. The van der Waals surface area contributed by atoms with Gasteiger partial charge in [-0.2, -0.15) is 0 Å². The fourth-order valence-electron chi connectivity index (χ4n) is 2.54. The molecule has 4 heteroatoms. The minimum atomic E-state index is -0.524. The molecule has 1 amide bonds. The van der Waals surface area contributed by atoms with Crippen molar-refractivity contribution in [1.29, 1.82) is 0 Å². The molecule has 1 aromatic carbocycles. The van der Waals surface area contributed by atoms with Crippen LogP contribution in [0.1, 0.15) is 50.9 Å². The average molecular weight is 274 g/mol. The van der Waals surface area contributed by atoms with Gasteiger partial charge in [0.15, 0.2) is 5.78 Å². The first-order valence-electron chi connectivity index (χ1n) is 7.10. The molecule has 108 valence electrons. The zero-order valence-electron chi connectivity index (χ0n) is 12.4. The molecule has 0 fully saturated rings. The highest BCUT2D eigenvalue weighted by Gasteiger charge is 2.36. The molecule has 0 aromatic heterocycles. The summed E-state index contributed by atoms with van der Waals surface area (Å²) < 4.78 is 0. The molecule has 2 unspecified atom stereocenters. The van der Waals surface area contributed by atoms with Crippen LogP contribution in [0.25, 0.3) is 0 Å². The Hall–Kier alpha value is -1.68. The van der Waals surface area contributed by atoms with Crippen LogP contribution in [0.2, 0.25) is 0 Å². The van der Waals surface area contributed by atoms with Crippen LogP contribution < -0.4 is 10.6 Å². The Bertz CT molecular complexity index is 508. The van der Waals surface area contributed by atoms with Gasteiger partial charge in [0.2, 0.25) is 5.91 Å². The van der Waals surface area contributed by atoms with Gasteiger partial charge in [0, 0.05) is 12.0 Å². The van der Waals surface area contributed by atoms with E-state index in [1.807, 2.05) is 52.0 Å². The van der Waals surface area contributed by atoms with E-state index in [0.717, 1.165) is 11.1 Å². The molecule has 0 saturated heterocycles. The summed E-state index contributed by atoms with van der Waals surface area (Å²) in [4.78, 5) is 24.6. The minimum Gasteiger partial charge on any atom is -0.341 e. The van der Waals surface area contributed by atoms with E-state index >= 15 is 0 Å². The maximum absolute atomic E-state index is 12.3. The van der Waals surface area contributed by atoms with Gasteiger partial charge in [0.05, 0.1) is 0 Å². The van der Waals surface area contributed by atoms with E-state index in [9.17, 15) is 9.59 Å². The highest BCUT2D eigenvalue weighted by Crippen LogP contribution is 2.31. The van der Waals surface area contributed by atoms with Gasteiger partial charge in [-0.1, -0.05) is 38.1 Å². The lowest BCUT2D eigenvalue weighted by atomic mass is 9.85. The fourth-order valence-corrected chi connectivity index (χ4v) is 2.54. The molecule has 1 aliphatic heterocycles. The maximum atomic E-state index is 12.3. The fraction of sp³-hybridized carbons (Fsp3) is 0.500. The SMILES string of the molecule is CC(C)NC1C(=O)NC(C(=O)C(C)C)c2ccccc21. The topological polar surface area (TPSA) is 58.2 Å². The van der Waals surface area contributed by atoms with E-state index in [4.69, 9.17) is 0 Å². The Morgan fingerprint density at radius 2 is 1.75 bits per heavy atom. The van der Waals surface area contributed by atoms with Crippen LogP contribution >= 0.6 is 0 Å². The second-order valence-corrected chi connectivity index (χ2v) is 5.88. The van der Waals surface area contributed by atoms with Crippen LogP contribution in [-0.2, 0) is 9.59 Å². The lowest BCUT2D eigenvalue weighted by Gasteiger charge is -2.33. The van der Waals surface area contributed by atoms with Gasteiger partial charge in [0.25, 0.3) is 0 Å². The van der Waals surface area contributed by atoms with Crippen LogP contribution in [0.15, 0.2) is 24.3 Å². The number of nitrogens with one attached hydrogen (secondary N) is 2. The van der Waals surface area contributed by atoms with Crippen molar-refractivity contribution in [2.24, 2.45) is 5.92 Å². The molecule has 20 heavy (non-hydrogen) atoms. The largest absolute Gasteiger partial charge is 0.341 e. The quantitative estimate of drug-likeness (QED) is 0.884. The lowest BCUT2D eigenvalue weighted by Crippen LogP contribution is -2.48. The highest BCUT2D eigenvalue weighted by molar-refractivity contribution is 5.96. The second kappa shape index (κ2) is 5.75. The third kappa shape index (κ3) is 2.75. The molecule has 1 heterocycles. The second-order valence-electron chi connectivity index (χ2n) is 5.88. The van der Waals surface area contributed by atoms with E-state index in [1.54, 1.807) is 0 Å². The first-order chi connectivity index (χ1) is 9.41. The van der Waals surface area contributed by atoms with Crippen molar-refractivity contribution in [3.05, 3.63) is 35.4 Å². The normalized spacial score (nSPS) is 21.8. The Labute approximate surface area is 119 Å². The van der Waals surface area contributed by atoms with Crippen LogP contribution in [0, 0.1) is 5.92 Å². The predicted molar refractivity (Wildman–Crippen MR) is 78.2 cm³/mol. The van der Waals surface area contributed by atoms with Gasteiger partial charge in [-0.25, -0.2) is 0 Å². The molecule has 0 radical (unpaired) electrons. The molecule has 0 spiro atoms. The molecule has 4 nitrogen and oxygen atoms in total. The smallest absolute Gasteiger partial charge is 0.242 e. The highest BCUT2D eigenvalue weighted by atomic mass is 16.2. The van der Waals surface area contributed by atoms with Crippen LogP contribution in [0.5, 0.6) is 0 Å². The number of rotatable bonds is 4. The number of benzene rings is 1. The number of carbonyl (C=O) groups is 2. The molecular weight excluding hydrogens is 252 g/mol. The van der Waals surface area contributed by atoms with Crippen molar-refractivity contribution in [3.63, 3.8) is 0 Å². The molecular formula is C16H22N2O2. The Morgan fingerprint density at radius 3 is 2.30 bits per heavy atom. The summed E-state index contributed by atoms with van der Waals surface area (Å²) >= 11 is 0. The molecule has 2 atom stereocenters. The third-order valence-corrected chi connectivity index (χ3v) is 3.52. The van der Waals surface area contributed by atoms with Gasteiger partial charge in [-0.05, 0) is 25.0 Å². The van der Waals surface area contributed by atoms with Gasteiger partial charge in [-0.15, -0.1) is 0 Å². The monoisotopic (exact) mass is 274 g/mol. The van der Waals surface area contributed by atoms with Crippen molar-refractivity contribution in [2.75, 3.05) is 0 Å². The molecule has 0 bridgehead atoms. The Balaban J connectivity index is 2.43. The van der Waals surface area contributed by atoms with Crippen molar-refractivity contribution >= 4 is 11.7 Å². The van der Waals surface area contributed by atoms with Crippen molar-refractivity contribution < 1.29 is 9.59 Å². The van der Waals surface area contributed by atoms with E-state index < -0.39 is 6.04 Å². The van der Waals surface area contributed by atoms with E-state index in [-0.39, 0.29) is 29.7 Å². The number of Topliss-reactive ketones (excluding diaryl/α,β-unsaturated/α-hetero) is 1. The minimum absolute atomic E-state index is 0.0498. The van der Waals surface area contributed by atoms with E-state index in [2.05, 4.69) is 10.6 Å². The summed E-state index contributed by atoms with van der Waals surface area (Å²) in [6.07, 6.45) is 0. The van der Waals surface area contributed by atoms with E-state index in [0.29, 0.717) is 0 Å². The van der Waals surface area contributed by atoms with Gasteiger partial charge < -0.3 is 5.32 Å². The van der Waals surface area contributed by atoms with Crippen molar-refractivity contribution in [2.45, 2.75) is 45.8 Å². The number of hydrogen-bond acceptors (Lipinski definition) is 3. The molecule has 2 N–H and O–H groups in total. The molecule has 0 saturated carbocycles. The van der Waals surface area contributed by atoms with Crippen molar-refractivity contribution in [3.8, 4) is 0 Å². The summed E-state index contributed by atoms with van der Waals surface area (Å²) in [6.45, 7) is 7.72. The van der Waals surface area contributed by atoms with Crippen LogP contribution in [0.4, 0.5) is 0 Å². The van der Waals surface area contributed by atoms with E-state index in [1.165, 1.54) is 0 Å². The first-order valence-corrected chi connectivity index (χ1v) is 7.10. The number of ketones is 1. The van der Waals surface area contributed by atoms with Gasteiger partial charge >= 0.3 is 0 Å². The maximum Gasteiger partial charge on any atom is 0.242 e. The predicted octanol–water partition coefficient (Wildman–Crippen LogP) is 2.12. The number of fused-ring (bicyclic) bond motifs is 1. The van der Waals surface area contributed by atoms with Gasteiger partial charge in [-0.3, -0.25) is 14.9 Å². The number of carbonyl (C=O) groups excluding carboxylic acids is 2. The molecule has 0 aliphatic carbocycles. The summed E-state index contributed by atoms with van der Waals surface area (Å²) in [5.74, 6) is -0.187. The first kappa shape index (κ1) is 14.7. The summed E-state index contributed by atoms with van der Waals surface area (Å²) in [5, 5.41) is 6.11. The number of hydrogen-bond donors (Lipinski definition) is 2. The van der Waals surface area contributed by atoms with Crippen LogP contribution in [-0.4, -0.2) is 17.7 Å². The molecule has 1 aliphatic rings. The Morgan fingerprint density at radius 1 is 1.15 bits per heavy atom. The number of amides is 1. The third-order valence-electron chi connectivity index (χ3n) is 3.52. The summed E-state index contributed by atoms with van der Waals surface area (Å²) in [6, 6.07) is 6.94. The lowest BCUT2D eigenvalue weighted by molar-refractivity contribution is -0.131. The zero-order chi connectivity index (χ0) is 14.9. The average Bonchev–Trinajstić information content (AvgIpc) is 2.40. The van der Waals surface area contributed by atoms with Crippen LogP contribution in [0.3, 0.4) is 0 Å². The summed E-state index contributed by atoms with van der Waals surface area (Å²) in [5.41, 5.74) is 1.81. The molecule has 2 rings (SSSR count). The zero-order valence-corrected chi connectivity index (χ0v) is 12.4. The van der Waals surface area contributed by atoms with Gasteiger partial charge in [0.1, 0.15) is 12.1 Å². The standard InChI is InChI=1S/C16H22N2O2/c1-9(2)15(19)13-11-7-5-6-8-12(11)14(16(20)18-13)17-10(3)4/h5-10,13-14,17H,1-4H3,(H,18,20). The van der Waals surface area contributed by atoms with Crippen molar-refractivity contribution in [1.82, 2.24) is 10.6 Å².